The van der Waals surface area contributed by atoms with Crippen molar-refractivity contribution in [2.75, 3.05) is 13.1 Å². The molecule has 0 amide bonds. The summed E-state index contributed by atoms with van der Waals surface area (Å²) in [5.41, 5.74) is 2.59. The summed E-state index contributed by atoms with van der Waals surface area (Å²) < 4.78 is 0. The van der Waals surface area contributed by atoms with Gasteiger partial charge in [0.1, 0.15) is 0 Å². The van der Waals surface area contributed by atoms with E-state index in [2.05, 4.69) is 63.0 Å². The van der Waals surface area contributed by atoms with Gasteiger partial charge in [0.25, 0.3) is 0 Å². The number of hydrogen-bond acceptors (Lipinski definition) is 3. The zero-order chi connectivity index (χ0) is 15.5. The second-order valence-electron chi connectivity index (χ2n) is 7.48. The molecule has 1 saturated heterocycles. The maximum atomic E-state index is 4.69. The van der Waals surface area contributed by atoms with Crippen LogP contribution in [-0.4, -0.2) is 35.1 Å². The van der Waals surface area contributed by atoms with Gasteiger partial charge >= 0.3 is 0 Å². The van der Waals surface area contributed by atoms with Gasteiger partial charge in [-0.2, -0.15) is 0 Å². The van der Waals surface area contributed by atoms with Crippen LogP contribution in [0.15, 0.2) is 18.2 Å². The third kappa shape index (κ3) is 4.52. The molecule has 0 radical (unpaired) electrons. The van der Waals surface area contributed by atoms with Gasteiger partial charge in [-0.3, -0.25) is 9.88 Å². The molecule has 2 heterocycles. The number of aromatic nitrogens is 1. The van der Waals surface area contributed by atoms with E-state index in [1.165, 1.54) is 18.5 Å². The van der Waals surface area contributed by atoms with Gasteiger partial charge in [0, 0.05) is 37.4 Å². The molecule has 3 nitrogen and oxygen atoms in total. The van der Waals surface area contributed by atoms with Crippen molar-refractivity contribution in [3.05, 3.63) is 29.6 Å². The van der Waals surface area contributed by atoms with E-state index in [0.717, 1.165) is 25.3 Å². The predicted molar refractivity (Wildman–Crippen MR) is 89.3 cm³/mol. The fraction of sp³-hybridized carbons (Fsp3) is 0.722. The first-order valence-corrected chi connectivity index (χ1v) is 8.30. The Bertz CT molecular complexity index is 450. The van der Waals surface area contributed by atoms with E-state index >= 15 is 0 Å². The van der Waals surface area contributed by atoms with Gasteiger partial charge in [-0.15, -0.1) is 0 Å². The van der Waals surface area contributed by atoms with Crippen LogP contribution in [0.3, 0.4) is 0 Å². The van der Waals surface area contributed by atoms with Crippen molar-refractivity contribution < 1.29 is 0 Å². The second-order valence-corrected chi connectivity index (χ2v) is 7.48. The highest BCUT2D eigenvalue weighted by Crippen LogP contribution is 2.28. The smallest absolute Gasteiger partial charge is 0.0547 e. The Kier molecular flexibility index (Phi) is 5.39. The van der Waals surface area contributed by atoms with Crippen molar-refractivity contribution in [2.24, 2.45) is 5.41 Å². The largest absolute Gasteiger partial charge is 0.311 e. The van der Waals surface area contributed by atoms with E-state index in [-0.39, 0.29) is 5.41 Å². The van der Waals surface area contributed by atoms with Gasteiger partial charge in [-0.25, -0.2) is 0 Å². The molecule has 0 spiro atoms. The second kappa shape index (κ2) is 6.89. The van der Waals surface area contributed by atoms with E-state index in [4.69, 9.17) is 4.98 Å². The van der Waals surface area contributed by atoms with Crippen molar-refractivity contribution in [3.63, 3.8) is 0 Å². The van der Waals surface area contributed by atoms with E-state index in [0.29, 0.717) is 12.1 Å². The van der Waals surface area contributed by atoms with Crippen LogP contribution in [0, 0.1) is 12.3 Å². The first-order valence-electron chi connectivity index (χ1n) is 8.30. The lowest BCUT2D eigenvalue weighted by molar-refractivity contribution is 0.0465. The van der Waals surface area contributed by atoms with Crippen molar-refractivity contribution in [2.45, 2.75) is 66.1 Å². The lowest BCUT2D eigenvalue weighted by atomic mass is 9.83. The number of nitrogens with zero attached hydrogens (tertiary/aromatic N) is 2. The maximum Gasteiger partial charge on any atom is 0.0547 e. The van der Waals surface area contributed by atoms with Crippen molar-refractivity contribution >= 4 is 0 Å². The monoisotopic (exact) mass is 289 g/mol. The van der Waals surface area contributed by atoms with Gasteiger partial charge in [0.15, 0.2) is 0 Å². The fourth-order valence-electron chi connectivity index (χ4n) is 3.35. The molecule has 0 saturated carbocycles. The van der Waals surface area contributed by atoms with Crippen LogP contribution < -0.4 is 5.32 Å². The molecule has 1 fully saturated rings. The summed E-state index contributed by atoms with van der Waals surface area (Å²) in [6, 6.07) is 7.54. The molecule has 21 heavy (non-hydrogen) atoms. The molecule has 3 heteroatoms. The predicted octanol–water partition coefficient (Wildman–Crippen LogP) is 3.38. The number of pyridine rings is 1. The Hall–Kier alpha value is -0.930. The van der Waals surface area contributed by atoms with E-state index in [9.17, 15) is 0 Å². The Morgan fingerprint density at radius 1 is 1.33 bits per heavy atom. The Labute approximate surface area is 130 Å². The van der Waals surface area contributed by atoms with E-state index in [1.807, 2.05) is 0 Å². The Morgan fingerprint density at radius 3 is 2.71 bits per heavy atom. The van der Waals surface area contributed by atoms with Crippen LogP contribution in [0.2, 0.25) is 0 Å². The molecular formula is C18H31N3. The highest BCUT2D eigenvalue weighted by Gasteiger charge is 2.35. The highest BCUT2D eigenvalue weighted by molar-refractivity contribution is 5.10. The first kappa shape index (κ1) is 16.4. The average molecular weight is 289 g/mol. The molecule has 1 aromatic rings. The van der Waals surface area contributed by atoms with Crippen molar-refractivity contribution in [1.82, 2.24) is 15.2 Å². The fourth-order valence-corrected chi connectivity index (χ4v) is 3.35. The van der Waals surface area contributed by atoms with Crippen LogP contribution in [-0.2, 0) is 6.54 Å². The minimum atomic E-state index is 0.286. The summed E-state index contributed by atoms with van der Waals surface area (Å²) >= 11 is 0. The number of nitrogens with one attached hydrogen (secondary N) is 1. The third-order valence-corrected chi connectivity index (χ3v) is 4.44. The Balaban J connectivity index is 2.13. The van der Waals surface area contributed by atoms with Gasteiger partial charge in [-0.1, -0.05) is 40.2 Å². The third-order valence-electron chi connectivity index (χ3n) is 4.44. The molecule has 2 rings (SSSR count). The number of aryl methyl sites for hydroxylation is 1. The van der Waals surface area contributed by atoms with Crippen LogP contribution in [0.5, 0.6) is 0 Å². The van der Waals surface area contributed by atoms with Gasteiger partial charge in [0.05, 0.1) is 5.69 Å². The first-order chi connectivity index (χ1) is 9.90. The standard InChI is InChI=1S/C18H31N3/c1-6-8-15-12-21(17(11-19-15)18(3,4)5)13-16-10-7-9-14(2)20-16/h7,9-10,15,17,19H,6,8,11-13H2,1-5H3. The molecule has 0 aliphatic carbocycles. The molecule has 1 aliphatic rings. The summed E-state index contributed by atoms with van der Waals surface area (Å²) in [6.07, 6.45) is 2.50. The van der Waals surface area contributed by atoms with Crippen molar-refractivity contribution in [1.29, 1.82) is 0 Å². The number of piperazine rings is 1. The summed E-state index contributed by atoms with van der Waals surface area (Å²) in [5, 5.41) is 3.74. The zero-order valence-electron chi connectivity index (χ0n) is 14.3. The Morgan fingerprint density at radius 2 is 2.10 bits per heavy atom. The van der Waals surface area contributed by atoms with Gasteiger partial charge in [-0.05, 0) is 30.9 Å². The normalized spacial score (nSPS) is 24.2. The minimum Gasteiger partial charge on any atom is -0.311 e. The lowest BCUT2D eigenvalue weighted by Crippen LogP contribution is -2.60. The zero-order valence-corrected chi connectivity index (χ0v) is 14.3. The summed E-state index contributed by atoms with van der Waals surface area (Å²) in [6.45, 7) is 14.5. The van der Waals surface area contributed by atoms with Crippen LogP contribution >= 0.6 is 0 Å². The molecule has 1 aromatic heterocycles. The molecule has 118 valence electrons. The summed E-state index contributed by atoms with van der Waals surface area (Å²) in [5.74, 6) is 0. The molecule has 0 bridgehead atoms. The molecular weight excluding hydrogens is 258 g/mol. The van der Waals surface area contributed by atoms with Crippen LogP contribution in [0.4, 0.5) is 0 Å². The van der Waals surface area contributed by atoms with Crippen LogP contribution in [0.25, 0.3) is 0 Å². The molecule has 1 N–H and O–H groups in total. The summed E-state index contributed by atoms with van der Waals surface area (Å²) in [7, 11) is 0. The molecule has 2 unspecified atom stereocenters. The minimum absolute atomic E-state index is 0.286. The summed E-state index contributed by atoms with van der Waals surface area (Å²) in [4.78, 5) is 7.33. The molecule has 2 atom stereocenters. The van der Waals surface area contributed by atoms with Crippen molar-refractivity contribution in [3.8, 4) is 0 Å². The maximum absolute atomic E-state index is 4.69. The van der Waals surface area contributed by atoms with Gasteiger partial charge in [0.2, 0.25) is 0 Å². The lowest BCUT2D eigenvalue weighted by Gasteiger charge is -2.46. The number of rotatable bonds is 4. The molecule has 0 aromatic carbocycles. The molecule has 1 aliphatic heterocycles. The topological polar surface area (TPSA) is 28.2 Å². The van der Waals surface area contributed by atoms with E-state index < -0.39 is 0 Å². The highest BCUT2D eigenvalue weighted by atomic mass is 15.2. The average Bonchev–Trinajstić information content (AvgIpc) is 2.38. The van der Waals surface area contributed by atoms with Gasteiger partial charge < -0.3 is 5.32 Å². The van der Waals surface area contributed by atoms with Crippen LogP contribution in [0.1, 0.15) is 51.9 Å². The van der Waals surface area contributed by atoms with E-state index in [1.54, 1.807) is 0 Å². The number of hydrogen-bond donors (Lipinski definition) is 1. The SMILES string of the molecule is CCCC1CN(Cc2cccc(C)n2)C(C(C)(C)C)CN1. The quantitative estimate of drug-likeness (QED) is 0.921.